The minimum atomic E-state index is -0.896. The highest BCUT2D eigenvalue weighted by atomic mass is 16.3. The van der Waals surface area contributed by atoms with Crippen LogP contribution in [0.5, 0.6) is 5.75 Å². The fraction of sp³-hybridized carbons (Fsp3) is 0.385. The summed E-state index contributed by atoms with van der Waals surface area (Å²) < 4.78 is 2.07. The smallest absolute Gasteiger partial charge is 0.116 e. The van der Waals surface area contributed by atoms with E-state index in [1.165, 1.54) is 0 Å². The number of aromatic nitrogens is 1. The maximum atomic E-state index is 10.1. The first-order chi connectivity index (χ1) is 7.43. The molecule has 0 fully saturated rings. The minimum absolute atomic E-state index is 0.229. The van der Waals surface area contributed by atoms with Gasteiger partial charge in [0.2, 0.25) is 0 Å². The molecule has 0 saturated heterocycles. The first-order valence-corrected chi connectivity index (χ1v) is 5.48. The van der Waals surface area contributed by atoms with Crippen LogP contribution in [0.3, 0.4) is 0 Å². The van der Waals surface area contributed by atoms with Gasteiger partial charge in [0.15, 0.2) is 0 Å². The van der Waals surface area contributed by atoms with Crippen LogP contribution in [0.25, 0.3) is 10.9 Å². The van der Waals surface area contributed by atoms with Crippen molar-refractivity contribution in [2.45, 2.75) is 32.9 Å². The van der Waals surface area contributed by atoms with Crippen molar-refractivity contribution in [1.29, 1.82) is 0 Å². The van der Waals surface area contributed by atoms with Gasteiger partial charge in [0, 0.05) is 29.2 Å². The third-order valence-corrected chi connectivity index (χ3v) is 2.86. The maximum Gasteiger partial charge on any atom is 0.116 e. The van der Waals surface area contributed by atoms with E-state index in [0.29, 0.717) is 0 Å². The van der Waals surface area contributed by atoms with E-state index in [2.05, 4.69) is 11.5 Å². The molecule has 86 valence electrons. The van der Waals surface area contributed by atoms with Crippen molar-refractivity contribution in [3.8, 4) is 5.75 Å². The van der Waals surface area contributed by atoms with Crippen molar-refractivity contribution in [3.05, 3.63) is 30.0 Å². The highest BCUT2D eigenvalue weighted by molar-refractivity contribution is 5.86. The van der Waals surface area contributed by atoms with Crippen molar-refractivity contribution in [2.24, 2.45) is 0 Å². The summed E-state index contributed by atoms with van der Waals surface area (Å²) in [6, 6.07) is 5.25. The van der Waals surface area contributed by atoms with Crippen molar-refractivity contribution in [1.82, 2.24) is 4.57 Å². The molecule has 0 aliphatic rings. The summed E-state index contributed by atoms with van der Waals surface area (Å²) in [6.45, 7) is 6.41. The Morgan fingerprint density at radius 1 is 1.31 bits per heavy atom. The molecule has 0 saturated carbocycles. The molecule has 3 nitrogen and oxygen atoms in total. The molecule has 3 heteroatoms. The third kappa shape index (κ3) is 1.67. The minimum Gasteiger partial charge on any atom is -0.508 e. The van der Waals surface area contributed by atoms with Crippen molar-refractivity contribution in [2.75, 3.05) is 0 Å². The molecule has 0 amide bonds. The Morgan fingerprint density at radius 2 is 2.00 bits per heavy atom. The summed E-state index contributed by atoms with van der Waals surface area (Å²) in [7, 11) is 0. The number of rotatable bonds is 2. The molecule has 2 N–H and O–H groups in total. The number of hydrogen-bond acceptors (Lipinski definition) is 2. The van der Waals surface area contributed by atoms with E-state index in [0.717, 1.165) is 23.0 Å². The molecule has 0 spiro atoms. The molecular weight excluding hydrogens is 202 g/mol. The number of benzene rings is 1. The number of hydrogen-bond donors (Lipinski definition) is 2. The lowest BCUT2D eigenvalue weighted by atomic mass is 9.98. The molecule has 0 atom stereocenters. The maximum absolute atomic E-state index is 10.1. The quantitative estimate of drug-likeness (QED) is 0.815. The van der Waals surface area contributed by atoms with Crippen LogP contribution in [0, 0.1) is 0 Å². The van der Waals surface area contributed by atoms with E-state index in [1.54, 1.807) is 26.0 Å². The molecule has 0 radical (unpaired) electrons. The number of phenols is 1. The van der Waals surface area contributed by atoms with Gasteiger partial charge in [-0.05, 0) is 39.0 Å². The van der Waals surface area contributed by atoms with Crippen LogP contribution in [-0.2, 0) is 12.1 Å². The molecule has 0 bridgehead atoms. The largest absolute Gasteiger partial charge is 0.508 e. The molecule has 0 aliphatic carbocycles. The second-order valence-corrected chi connectivity index (χ2v) is 4.59. The van der Waals surface area contributed by atoms with Gasteiger partial charge < -0.3 is 14.8 Å². The SMILES string of the molecule is CCn1cc(C(C)(C)O)c2cc(O)ccc21. The third-order valence-electron chi connectivity index (χ3n) is 2.86. The highest BCUT2D eigenvalue weighted by Crippen LogP contribution is 2.32. The predicted molar refractivity (Wildman–Crippen MR) is 64.5 cm³/mol. The zero-order chi connectivity index (χ0) is 11.9. The van der Waals surface area contributed by atoms with Crippen LogP contribution < -0.4 is 0 Å². The molecule has 2 aromatic rings. The average molecular weight is 219 g/mol. The number of aliphatic hydroxyl groups is 1. The standard InChI is InChI=1S/C13H17NO2/c1-4-14-8-11(13(2,3)16)10-7-9(15)5-6-12(10)14/h5-8,15-16H,4H2,1-3H3. The number of phenolic OH excluding ortho intramolecular Hbond substituents is 1. The van der Waals surface area contributed by atoms with Gasteiger partial charge in [-0.1, -0.05) is 0 Å². The Hall–Kier alpha value is -1.48. The Morgan fingerprint density at radius 3 is 2.56 bits per heavy atom. The van der Waals surface area contributed by atoms with Crippen molar-refractivity contribution < 1.29 is 10.2 Å². The molecular formula is C13H17NO2. The van der Waals surface area contributed by atoms with E-state index in [1.807, 2.05) is 12.3 Å². The van der Waals surface area contributed by atoms with Crippen molar-refractivity contribution >= 4 is 10.9 Å². The van der Waals surface area contributed by atoms with E-state index in [9.17, 15) is 10.2 Å². The summed E-state index contributed by atoms with van der Waals surface area (Å²) in [5.74, 6) is 0.229. The van der Waals surface area contributed by atoms with Gasteiger partial charge in [-0.2, -0.15) is 0 Å². The summed E-state index contributed by atoms with van der Waals surface area (Å²) in [6.07, 6.45) is 1.95. The first kappa shape index (κ1) is 11.0. The molecule has 1 heterocycles. The number of fused-ring (bicyclic) bond motifs is 1. The second-order valence-electron chi connectivity index (χ2n) is 4.59. The molecule has 0 unspecified atom stereocenters. The Balaban J connectivity index is 2.79. The Bertz CT molecular complexity index is 520. The Kier molecular flexibility index (Phi) is 2.43. The summed E-state index contributed by atoms with van der Waals surface area (Å²) in [4.78, 5) is 0. The summed E-state index contributed by atoms with van der Waals surface area (Å²) in [5, 5.41) is 20.5. The fourth-order valence-electron chi connectivity index (χ4n) is 2.03. The van der Waals surface area contributed by atoms with Gasteiger partial charge in [0.25, 0.3) is 0 Å². The normalized spacial score (nSPS) is 12.2. The lowest BCUT2D eigenvalue weighted by molar-refractivity contribution is 0.0800. The summed E-state index contributed by atoms with van der Waals surface area (Å²) in [5.41, 5.74) is 0.990. The molecule has 0 aliphatic heterocycles. The zero-order valence-electron chi connectivity index (χ0n) is 9.86. The fourth-order valence-corrected chi connectivity index (χ4v) is 2.03. The van der Waals surface area contributed by atoms with Gasteiger partial charge in [0.05, 0.1) is 5.60 Å². The van der Waals surface area contributed by atoms with E-state index in [4.69, 9.17) is 0 Å². The zero-order valence-corrected chi connectivity index (χ0v) is 9.86. The van der Waals surface area contributed by atoms with Crippen LogP contribution >= 0.6 is 0 Å². The van der Waals surface area contributed by atoms with Crippen molar-refractivity contribution in [3.63, 3.8) is 0 Å². The van der Waals surface area contributed by atoms with E-state index >= 15 is 0 Å². The first-order valence-electron chi connectivity index (χ1n) is 5.48. The van der Waals surface area contributed by atoms with E-state index < -0.39 is 5.60 Å². The van der Waals surface area contributed by atoms with Crippen LogP contribution in [0.1, 0.15) is 26.3 Å². The molecule has 1 aromatic heterocycles. The second kappa shape index (κ2) is 3.52. The molecule has 16 heavy (non-hydrogen) atoms. The van der Waals surface area contributed by atoms with Gasteiger partial charge >= 0.3 is 0 Å². The monoisotopic (exact) mass is 219 g/mol. The number of nitrogens with zero attached hydrogens (tertiary/aromatic N) is 1. The van der Waals surface area contributed by atoms with Crippen LogP contribution in [0.4, 0.5) is 0 Å². The average Bonchev–Trinajstić information content (AvgIpc) is 2.54. The van der Waals surface area contributed by atoms with Crippen LogP contribution in [-0.4, -0.2) is 14.8 Å². The highest BCUT2D eigenvalue weighted by Gasteiger charge is 2.21. The lowest BCUT2D eigenvalue weighted by Gasteiger charge is -2.16. The van der Waals surface area contributed by atoms with Gasteiger partial charge in [0.1, 0.15) is 5.75 Å². The predicted octanol–water partition coefficient (Wildman–Crippen LogP) is 2.59. The van der Waals surface area contributed by atoms with Gasteiger partial charge in [-0.15, -0.1) is 0 Å². The lowest BCUT2D eigenvalue weighted by Crippen LogP contribution is -2.14. The summed E-state index contributed by atoms with van der Waals surface area (Å²) >= 11 is 0. The van der Waals surface area contributed by atoms with Crippen LogP contribution in [0.15, 0.2) is 24.4 Å². The Labute approximate surface area is 94.9 Å². The van der Waals surface area contributed by atoms with Crippen LogP contribution in [0.2, 0.25) is 0 Å². The molecule has 2 rings (SSSR count). The number of aromatic hydroxyl groups is 1. The topological polar surface area (TPSA) is 45.4 Å². The molecule has 1 aromatic carbocycles. The number of aryl methyl sites for hydroxylation is 1. The van der Waals surface area contributed by atoms with E-state index in [-0.39, 0.29) is 5.75 Å². The van der Waals surface area contributed by atoms with Gasteiger partial charge in [-0.25, -0.2) is 0 Å². The van der Waals surface area contributed by atoms with Gasteiger partial charge in [-0.3, -0.25) is 0 Å².